The standard InChI is InChI=1S/C18H11F3N4O3.H2O/c1-10-15(25(27)28)13-4-2-3-5-14(13)24-16(10)17(26)23(22-24)12-8-6-11(7-9-12)18(19,20)21;/h2-9H,1H3;1H2. The second-order valence-corrected chi connectivity index (χ2v) is 6.22. The highest BCUT2D eigenvalue weighted by molar-refractivity contribution is 5.89. The van der Waals surface area contributed by atoms with Crippen molar-refractivity contribution in [2.24, 2.45) is 0 Å². The summed E-state index contributed by atoms with van der Waals surface area (Å²) in [7, 11) is 0. The molecule has 2 heterocycles. The highest BCUT2D eigenvalue weighted by Crippen LogP contribution is 2.30. The molecule has 2 aromatic heterocycles. The Morgan fingerprint density at radius 2 is 1.72 bits per heavy atom. The average Bonchev–Trinajstić information content (AvgIpc) is 2.99. The lowest BCUT2D eigenvalue weighted by atomic mass is 10.1. The number of nitrogens with one attached hydrogen (secondary N) is 1. The highest BCUT2D eigenvalue weighted by atomic mass is 19.4. The van der Waals surface area contributed by atoms with Crippen LogP contribution in [0.1, 0.15) is 11.1 Å². The number of aromatic amines is 1. The summed E-state index contributed by atoms with van der Waals surface area (Å²) in [5, 5.41) is 14.7. The topological polar surface area (TPSA) is 115 Å². The van der Waals surface area contributed by atoms with Crippen molar-refractivity contribution in [3.8, 4) is 5.69 Å². The van der Waals surface area contributed by atoms with Crippen LogP contribution in [0.4, 0.5) is 18.9 Å². The van der Waals surface area contributed by atoms with Gasteiger partial charge in [-0.1, -0.05) is 22.0 Å². The van der Waals surface area contributed by atoms with Crippen LogP contribution in [0.5, 0.6) is 0 Å². The zero-order valence-corrected chi connectivity index (χ0v) is 14.8. The molecule has 2 aromatic carbocycles. The van der Waals surface area contributed by atoms with Crippen LogP contribution in [0.25, 0.3) is 22.1 Å². The molecule has 0 fully saturated rings. The van der Waals surface area contributed by atoms with E-state index in [1.165, 1.54) is 11.4 Å². The number of hydrogen-bond donors (Lipinski definition) is 1. The highest BCUT2D eigenvalue weighted by Gasteiger charge is 2.32. The molecule has 11 heteroatoms. The molecule has 8 nitrogen and oxygen atoms in total. The van der Waals surface area contributed by atoms with E-state index in [1.807, 2.05) is 0 Å². The quantitative estimate of drug-likeness (QED) is 0.313. The lowest BCUT2D eigenvalue weighted by Crippen LogP contribution is -2.27. The normalized spacial score (nSPS) is 11.6. The van der Waals surface area contributed by atoms with E-state index >= 15 is 0 Å². The Labute approximate surface area is 159 Å². The number of benzene rings is 2. The number of rotatable bonds is 2. The van der Waals surface area contributed by atoms with Crippen molar-refractivity contribution in [3.63, 3.8) is 0 Å². The summed E-state index contributed by atoms with van der Waals surface area (Å²) in [5.41, 5.74) is -0.853. The maximum absolute atomic E-state index is 12.9. The molecule has 29 heavy (non-hydrogen) atoms. The summed E-state index contributed by atoms with van der Waals surface area (Å²) >= 11 is 0. The van der Waals surface area contributed by atoms with E-state index in [2.05, 4.69) is 5.21 Å². The molecule has 0 bridgehead atoms. The Kier molecular flexibility index (Phi) is 4.63. The minimum atomic E-state index is -4.49. The number of aryl methyl sites for hydroxylation is 1. The van der Waals surface area contributed by atoms with E-state index in [-0.39, 0.29) is 27.9 Å². The first kappa shape index (κ1) is 20.0. The van der Waals surface area contributed by atoms with Gasteiger partial charge in [-0.25, -0.2) is 4.79 Å². The predicted octanol–water partition coefficient (Wildman–Crippen LogP) is 3.12. The Hall–Kier alpha value is -3.73. The molecule has 0 unspecified atom stereocenters. The van der Waals surface area contributed by atoms with Crippen LogP contribution in [0.15, 0.2) is 53.3 Å². The van der Waals surface area contributed by atoms with Crippen LogP contribution in [0.3, 0.4) is 0 Å². The summed E-state index contributed by atoms with van der Waals surface area (Å²) in [6.45, 7) is 1.46. The van der Waals surface area contributed by atoms with Gasteiger partial charge in [0.1, 0.15) is 5.39 Å². The molecular weight excluding hydrogens is 393 g/mol. The Morgan fingerprint density at radius 1 is 1.10 bits per heavy atom. The molecular formula is C18H13F3N4O4. The Balaban J connectivity index is 0.00000240. The molecule has 0 radical (unpaired) electrons. The van der Waals surface area contributed by atoms with Crippen LogP contribution in [0.2, 0.25) is 0 Å². The van der Waals surface area contributed by atoms with Gasteiger partial charge in [0.25, 0.3) is 11.2 Å². The maximum Gasteiger partial charge on any atom is 0.416 e. The largest absolute Gasteiger partial charge is 0.870 e. The number of nitrogens with zero attached hydrogens (tertiary/aromatic N) is 3. The van der Waals surface area contributed by atoms with Gasteiger partial charge in [0.2, 0.25) is 0 Å². The first-order chi connectivity index (χ1) is 13.2. The van der Waals surface area contributed by atoms with Crippen molar-refractivity contribution < 1.29 is 28.1 Å². The number of hydrogen-bond acceptors (Lipinski definition) is 4. The van der Waals surface area contributed by atoms with Crippen molar-refractivity contribution in [3.05, 3.63) is 80.1 Å². The number of alkyl halides is 3. The molecule has 0 aliphatic rings. The molecule has 150 valence electrons. The van der Waals surface area contributed by atoms with Gasteiger partial charge in [-0.3, -0.25) is 10.1 Å². The molecule has 4 aromatic rings. The van der Waals surface area contributed by atoms with E-state index in [0.29, 0.717) is 10.9 Å². The van der Waals surface area contributed by atoms with Crippen LogP contribution in [-0.4, -0.2) is 20.3 Å². The minimum Gasteiger partial charge on any atom is -0.870 e. The first-order valence-corrected chi connectivity index (χ1v) is 8.10. The number of para-hydroxylation sites is 1. The Bertz CT molecular complexity index is 1310. The summed E-state index contributed by atoms with van der Waals surface area (Å²) in [6.07, 6.45) is -4.49. The minimum absolute atomic E-state index is 0. The average molecular weight is 406 g/mol. The second-order valence-electron chi connectivity index (χ2n) is 6.22. The summed E-state index contributed by atoms with van der Waals surface area (Å²) < 4.78 is 40.8. The molecule has 0 saturated heterocycles. The first-order valence-electron chi connectivity index (χ1n) is 8.10. The molecule has 2 N–H and O–H groups in total. The van der Waals surface area contributed by atoms with Gasteiger partial charge >= 0.3 is 11.7 Å². The lowest BCUT2D eigenvalue weighted by molar-refractivity contribution is -0.556. The van der Waals surface area contributed by atoms with E-state index in [1.54, 1.807) is 24.3 Å². The molecule has 0 aliphatic heterocycles. The van der Waals surface area contributed by atoms with Crippen molar-refractivity contribution in [2.45, 2.75) is 13.1 Å². The number of aromatic nitrogens is 3. The maximum atomic E-state index is 12.9. The fourth-order valence-electron chi connectivity index (χ4n) is 3.29. The van der Waals surface area contributed by atoms with Crippen molar-refractivity contribution in [1.29, 1.82) is 0 Å². The van der Waals surface area contributed by atoms with E-state index < -0.39 is 22.2 Å². The molecule has 4 rings (SSSR count). The Morgan fingerprint density at radius 3 is 2.31 bits per heavy atom. The number of H-pyrrole nitrogens is 1. The van der Waals surface area contributed by atoms with Crippen LogP contribution in [0, 0.1) is 17.0 Å². The molecule has 0 atom stereocenters. The molecule has 0 aliphatic carbocycles. The van der Waals surface area contributed by atoms with Gasteiger partial charge in [0, 0.05) is 0 Å². The van der Waals surface area contributed by atoms with Gasteiger partial charge < -0.3 is 5.48 Å². The van der Waals surface area contributed by atoms with E-state index in [4.69, 9.17) is 0 Å². The van der Waals surface area contributed by atoms with Crippen LogP contribution in [-0.2, 0) is 6.18 Å². The predicted molar refractivity (Wildman–Crippen MR) is 95.4 cm³/mol. The smallest absolute Gasteiger partial charge is 0.416 e. The molecule has 0 spiro atoms. The summed E-state index contributed by atoms with van der Waals surface area (Å²) in [5.74, 6) is 0. The SMILES string of the molecule is Cc1c([N+](=O)[O-])c2ccccc2[n+]2[nH]n(-c3ccc(C(F)(F)F)cc3)c(=O)c12.[OH-]. The number of nitro groups is 1. The van der Waals surface area contributed by atoms with Gasteiger partial charge in [0.05, 0.1) is 16.1 Å². The zero-order chi connectivity index (χ0) is 20.2. The third-order valence-electron chi connectivity index (χ3n) is 4.58. The van der Waals surface area contributed by atoms with E-state index in [0.717, 1.165) is 28.9 Å². The molecule has 0 amide bonds. The van der Waals surface area contributed by atoms with Gasteiger partial charge in [0.15, 0.2) is 11.2 Å². The van der Waals surface area contributed by atoms with Gasteiger partial charge in [-0.2, -0.15) is 13.2 Å². The third kappa shape index (κ3) is 3.01. The van der Waals surface area contributed by atoms with E-state index in [9.17, 15) is 28.1 Å². The van der Waals surface area contributed by atoms with Gasteiger partial charge in [-0.05, 0) is 43.3 Å². The monoisotopic (exact) mass is 406 g/mol. The van der Waals surface area contributed by atoms with Crippen LogP contribution >= 0.6 is 0 Å². The van der Waals surface area contributed by atoms with Crippen molar-refractivity contribution in [2.75, 3.05) is 0 Å². The fraction of sp³-hybridized carbons (Fsp3) is 0.111. The summed E-state index contributed by atoms with van der Waals surface area (Å²) in [6, 6.07) is 10.5. The van der Waals surface area contributed by atoms with Crippen LogP contribution < -0.4 is 10.1 Å². The fourth-order valence-corrected chi connectivity index (χ4v) is 3.29. The number of pyridine rings is 1. The molecule has 0 saturated carbocycles. The van der Waals surface area contributed by atoms with Gasteiger partial charge in [-0.15, -0.1) is 4.52 Å². The lowest BCUT2D eigenvalue weighted by Gasteiger charge is -2.05. The number of fused-ring (bicyclic) bond motifs is 3. The second kappa shape index (κ2) is 6.71. The summed E-state index contributed by atoms with van der Waals surface area (Å²) in [4.78, 5) is 23.9. The number of halogens is 3. The third-order valence-corrected chi connectivity index (χ3v) is 4.58. The van der Waals surface area contributed by atoms with Crippen molar-refractivity contribution >= 4 is 22.1 Å². The zero-order valence-electron chi connectivity index (χ0n) is 14.8. The van der Waals surface area contributed by atoms with Crippen molar-refractivity contribution in [1.82, 2.24) is 9.90 Å².